The Kier molecular flexibility index (Phi) is 5.36. The number of ether oxygens (including phenoxy) is 1. The van der Waals surface area contributed by atoms with Crippen LogP contribution in [0.3, 0.4) is 0 Å². The highest BCUT2D eigenvalue weighted by Gasteiger charge is 2.20. The summed E-state index contributed by atoms with van der Waals surface area (Å²) in [5, 5.41) is 8.51. The molecule has 0 saturated heterocycles. The number of amides is 1. The molecular formula is C12H12F3NO4. The fraction of sp³-hybridized carbons (Fsp3) is 0.333. The Morgan fingerprint density at radius 3 is 2.60 bits per heavy atom. The van der Waals surface area contributed by atoms with E-state index in [9.17, 15) is 22.8 Å². The van der Waals surface area contributed by atoms with Crippen molar-refractivity contribution in [2.24, 2.45) is 0 Å². The second-order valence-electron chi connectivity index (χ2n) is 3.89. The quantitative estimate of drug-likeness (QED) is 0.870. The Bertz CT molecular complexity index is 507. The number of carboxylic acid groups (broad SMARTS) is 1. The zero-order valence-electron chi connectivity index (χ0n) is 10.5. The molecule has 0 fully saturated rings. The van der Waals surface area contributed by atoms with Crippen LogP contribution in [0.4, 0.5) is 13.2 Å². The van der Waals surface area contributed by atoms with Gasteiger partial charge >= 0.3 is 12.6 Å². The molecule has 0 spiro atoms. The van der Waals surface area contributed by atoms with Crippen molar-refractivity contribution in [3.05, 3.63) is 29.6 Å². The summed E-state index contributed by atoms with van der Waals surface area (Å²) in [5.74, 6) is -3.26. The number of carbonyl (C=O) groups excluding carboxylic acids is 1. The highest BCUT2D eigenvalue weighted by Crippen LogP contribution is 2.23. The average Bonchev–Trinajstić information content (AvgIpc) is 2.34. The van der Waals surface area contributed by atoms with Crippen molar-refractivity contribution in [3.63, 3.8) is 0 Å². The van der Waals surface area contributed by atoms with Crippen molar-refractivity contribution in [2.75, 3.05) is 13.6 Å². The largest absolute Gasteiger partial charge is 0.481 e. The average molecular weight is 291 g/mol. The van der Waals surface area contributed by atoms with Gasteiger partial charge in [-0.05, 0) is 12.1 Å². The number of hydrogen-bond acceptors (Lipinski definition) is 3. The Hall–Kier alpha value is -2.25. The number of halogens is 3. The van der Waals surface area contributed by atoms with Crippen molar-refractivity contribution < 1.29 is 32.6 Å². The maximum Gasteiger partial charge on any atom is 0.387 e. The van der Waals surface area contributed by atoms with Crippen LogP contribution in [0.15, 0.2) is 18.2 Å². The maximum absolute atomic E-state index is 13.0. The molecule has 0 bridgehead atoms. The van der Waals surface area contributed by atoms with Crippen LogP contribution in [-0.4, -0.2) is 42.1 Å². The van der Waals surface area contributed by atoms with Gasteiger partial charge in [0.25, 0.3) is 5.91 Å². The molecule has 110 valence electrons. The molecule has 0 saturated carbocycles. The summed E-state index contributed by atoms with van der Waals surface area (Å²) in [5.41, 5.74) is -0.264. The smallest absolute Gasteiger partial charge is 0.387 e. The molecular weight excluding hydrogens is 279 g/mol. The molecule has 0 aliphatic carbocycles. The molecule has 0 heterocycles. The van der Waals surface area contributed by atoms with Crippen molar-refractivity contribution >= 4 is 11.9 Å². The van der Waals surface area contributed by atoms with E-state index < -0.39 is 30.1 Å². The molecule has 0 aromatic heterocycles. The zero-order chi connectivity index (χ0) is 15.3. The summed E-state index contributed by atoms with van der Waals surface area (Å²) in [6.07, 6.45) is -0.297. The lowest BCUT2D eigenvalue weighted by Crippen LogP contribution is -2.29. The predicted octanol–water partition coefficient (Wildman–Crippen LogP) is 1.97. The van der Waals surface area contributed by atoms with Crippen LogP contribution in [-0.2, 0) is 4.79 Å². The topological polar surface area (TPSA) is 66.8 Å². The molecule has 0 aliphatic heterocycles. The molecule has 0 atom stereocenters. The second kappa shape index (κ2) is 6.78. The minimum atomic E-state index is -3.20. The first-order chi connectivity index (χ1) is 9.31. The van der Waals surface area contributed by atoms with Crippen LogP contribution >= 0.6 is 0 Å². The van der Waals surface area contributed by atoms with Crippen molar-refractivity contribution in [3.8, 4) is 5.75 Å². The fourth-order valence-electron chi connectivity index (χ4n) is 1.44. The maximum atomic E-state index is 13.0. The summed E-state index contributed by atoms with van der Waals surface area (Å²) >= 11 is 0. The van der Waals surface area contributed by atoms with E-state index in [1.165, 1.54) is 7.05 Å². The lowest BCUT2D eigenvalue weighted by atomic mass is 10.1. The third kappa shape index (κ3) is 4.45. The van der Waals surface area contributed by atoms with Gasteiger partial charge in [-0.25, -0.2) is 4.39 Å². The fourth-order valence-corrected chi connectivity index (χ4v) is 1.44. The van der Waals surface area contributed by atoms with E-state index >= 15 is 0 Å². The van der Waals surface area contributed by atoms with E-state index in [2.05, 4.69) is 4.74 Å². The second-order valence-corrected chi connectivity index (χ2v) is 3.89. The molecule has 8 heteroatoms. The Balaban J connectivity index is 2.93. The first kappa shape index (κ1) is 15.8. The Morgan fingerprint density at radius 2 is 2.05 bits per heavy atom. The van der Waals surface area contributed by atoms with Crippen LogP contribution in [0, 0.1) is 5.82 Å². The summed E-state index contributed by atoms with van der Waals surface area (Å²) in [4.78, 5) is 23.4. The van der Waals surface area contributed by atoms with Gasteiger partial charge in [0.2, 0.25) is 0 Å². The third-order valence-electron chi connectivity index (χ3n) is 2.40. The molecule has 0 radical (unpaired) electrons. The number of benzene rings is 1. The Labute approximate surface area is 112 Å². The summed E-state index contributed by atoms with van der Waals surface area (Å²) in [7, 11) is 1.31. The molecule has 1 N–H and O–H groups in total. The SMILES string of the molecule is CN(CCC(=O)O)C(=O)c1ccc(F)cc1OC(F)F. The van der Waals surface area contributed by atoms with E-state index in [4.69, 9.17) is 5.11 Å². The zero-order valence-corrected chi connectivity index (χ0v) is 10.5. The van der Waals surface area contributed by atoms with Gasteiger partial charge in [0, 0.05) is 19.7 Å². The van der Waals surface area contributed by atoms with E-state index in [1.54, 1.807) is 0 Å². The highest BCUT2D eigenvalue weighted by molar-refractivity contribution is 5.96. The van der Waals surface area contributed by atoms with Crippen LogP contribution in [0.1, 0.15) is 16.8 Å². The minimum absolute atomic E-state index is 0.111. The van der Waals surface area contributed by atoms with Gasteiger partial charge in [-0.1, -0.05) is 0 Å². The molecule has 20 heavy (non-hydrogen) atoms. The van der Waals surface area contributed by atoms with Gasteiger partial charge in [0.05, 0.1) is 12.0 Å². The van der Waals surface area contributed by atoms with E-state index in [0.29, 0.717) is 6.07 Å². The number of carboxylic acids is 1. The molecule has 0 unspecified atom stereocenters. The number of nitrogens with zero attached hydrogens (tertiary/aromatic N) is 1. The van der Waals surface area contributed by atoms with Crippen LogP contribution < -0.4 is 4.74 Å². The standard InChI is InChI=1S/C12H12F3NO4/c1-16(5-4-10(17)18)11(19)8-3-2-7(13)6-9(8)20-12(14)15/h2-3,6,12H,4-5H2,1H3,(H,17,18). The van der Waals surface area contributed by atoms with Gasteiger partial charge < -0.3 is 14.7 Å². The molecule has 1 aromatic carbocycles. The minimum Gasteiger partial charge on any atom is -0.481 e. The van der Waals surface area contributed by atoms with Crippen LogP contribution in [0.25, 0.3) is 0 Å². The van der Waals surface area contributed by atoms with Crippen molar-refractivity contribution in [2.45, 2.75) is 13.0 Å². The molecule has 1 aromatic rings. The summed E-state index contributed by atoms with van der Waals surface area (Å²) in [6, 6.07) is 2.60. The normalized spacial score (nSPS) is 10.4. The predicted molar refractivity (Wildman–Crippen MR) is 62.2 cm³/mol. The van der Waals surface area contributed by atoms with Crippen LogP contribution in [0.5, 0.6) is 5.75 Å². The van der Waals surface area contributed by atoms with Gasteiger partial charge in [-0.3, -0.25) is 9.59 Å². The van der Waals surface area contributed by atoms with Crippen LogP contribution in [0.2, 0.25) is 0 Å². The molecule has 5 nitrogen and oxygen atoms in total. The number of rotatable bonds is 6. The molecule has 0 aliphatic rings. The number of hydrogen-bond donors (Lipinski definition) is 1. The first-order valence-corrected chi connectivity index (χ1v) is 5.53. The summed E-state index contributed by atoms with van der Waals surface area (Å²) in [6.45, 7) is -3.31. The van der Waals surface area contributed by atoms with Crippen molar-refractivity contribution in [1.82, 2.24) is 4.90 Å². The van der Waals surface area contributed by atoms with Crippen molar-refractivity contribution in [1.29, 1.82) is 0 Å². The first-order valence-electron chi connectivity index (χ1n) is 5.53. The highest BCUT2D eigenvalue weighted by atomic mass is 19.3. The van der Waals surface area contributed by atoms with E-state index in [0.717, 1.165) is 17.0 Å². The third-order valence-corrected chi connectivity index (χ3v) is 2.40. The Morgan fingerprint density at radius 1 is 1.40 bits per heavy atom. The van der Waals surface area contributed by atoms with E-state index in [1.807, 2.05) is 0 Å². The molecule has 1 rings (SSSR count). The van der Waals surface area contributed by atoms with E-state index in [-0.39, 0.29) is 18.5 Å². The summed E-state index contributed by atoms with van der Waals surface area (Å²) < 4.78 is 41.5. The lowest BCUT2D eigenvalue weighted by molar-refractivity contribution is -0.137. The van der Waals surface area contributed by atoms with Gasteiger partial charge in [0.1, 0.15) is 11.6 Å². The number of aliphatic carboxylic acids is 1. The number of alkyl halides is 2. The van der Waals surface area contributed by atoms with Gasteiger partial charge in [-0.15, -0.1) is 0 Å². The van der Waals surface area contributed by atoms with Gasteiger partial charge in [0.15, 0.2) is 0 Å². The monoisotopic (exact) mass is 291 g/mol. The molecule has 1 amide bonds. The van der Waals surface area contributed by atoms with Gasteiger partial charge in [-0.2, -0.15) is 8.78 Å². The number of carbonyl (C=O) groups is 2. The lowest BCUT2D eigenvalue weighted by Gasteiger charge is -2.18.